The van der Waals surface area contributed by atoms with Gasteiger partial charge in [0.2, 0.25) is 0 Å². The summed E-state index contributed by atoms with van der Waals surface area (Å²) in [5.74, 6) is 0.711. The first-order valence-corrected chi connectivity index (χ1v) is 10.9. The first-order valence-electron chi connectivity index (χ1n) is 10.9. The van der Waals surface area contributed by atoms with Crippen LogP contribution in [0.4, 0.5) is 5.82 Å². The number of aryl methyl sites for hydroxylation is 2. The van der Waals surface area contributed by atoms with E-state index in [1.807, 2.05) is 50.2 Å². The Balaban J connectivity index is 1.33. The minimum atomic E-state index is -0.336. The highest BCUT2D eigenvalue weighted by molar-refractivity contribution is 5.92. The number of hydrogen-bond acceptors (Lipinski definition) is 8. The molecule has 4 aromatic rings. The van der Waals surface area contributed by atoms with Crippen molar-refractivity contribution in [3.05, 3.63) is 94.8 Å². The molecule has 0 bridgehead atoms. The lowest BCUT2D eigenvalue weighted by Gasteiger charge is -2.15. The van der Waals surface area contributed by atoms with E-state index in [9.17, 15) is 4.79 Å². The molecule has 9 heteroatoms. The molecule has 0 aliphatic carbocycles. The fraction of sp³-hybridized carbons (Fsp3) is 0.240. The van der Waals surface area contributed by atoms with Gasteiger partial charge < -0.3 is 19.9 Å². The van der Waals surface area contributed by atoms with Gasteiger partial charge in [0.15, 0.2) is 18.1 Å². The molecule has 0 saturated carbocycles. The van der Waals surface area contributed by atoms with Gasteiger partial charge in [-0.2, -0.15) is 4.98 Å². The van der Waals surface area contributed by atoms with Crippen LogP contribution < -0.4 is 15.4 Å². The molecular weight excluding hydrogens is 432 g/mol. The molecule has 0 unspecified atom stereocenters. The van der Waals surface area contributed by atoms with Gasteiger partial charge in [-0.1, -0.05) is 35.5 Å². The molecule has 1 atom stereocenters. The van der Waals surface area contributed by atoms with Crippen molar-refractivity contribution >= 4 is 11.7 Å². The van der Waals surface area contributed by atoms with Crippen LogP contribution in [0.2, 0.25) is 0 Å². The van der Waals surface area contributed by atoms with Gasteiger partial charge in [-0.25, -0.2) is 4.98 Å². The Bertz CT molecular complexity index is 1260. The molecule has 0 aliphatic heterocycles. The van der Waals surface area contributed by atoms with Gasteiger partial charge in [-0.3, -0.25) is 9.78 Å². The molecule has 1 amide bonds. The molecule has 0 spiro atoms. The number of nitrogens with one attached hydrogen (secondary N) is 2. The highest BCUT2D eigenvalue weighted by Crippen LogP contribution is 2.20. The number of benzene rings is 1. The van der Waals surface area contributed by atoms with E-state index in [0.717, 1.165) is 22.5 Å². The van der Waals surface area contributed by atoms with Crippen LogP contribution in [0.5, 0.6) is 6.01 Å². The van der Waals surface area contributed by atoms with Crippen LogP contribution in [0.25, 0.3) is 0 Å². The van der Waals surface area contributed by atoms with Crippen molar-refractivity contribution in [2.75, 3.05) is 5.32 Å². The topological polar surface area (TPSA) is 115 Å². The molecular formula is C25H26N6O3. The highest BCUT2D eigenvalue weighted by atomic mass is 16.5. The van der Waals surface area contributed by atoms with Crippen LogP contribution in [0.15, 0.2) is 65.3 Å². The fourth-order valence-electron chi connectivity index (χ4n) is 3.34. The third kappa shape index (κ3) is 6.16. The summed E-state index contributed by atoms with van der Waals surface area (Å²) in [4.78, 5) is 25.3. The maximum atomic E-state index is 12.4. The smallest absolute Gasteiger partial charge is 0.319 e. The summed E-state index contributed by atoms with van der Waals surface area (Å²) in [6.07, 6.45) is 1.71. The van der Waals surface area contributed by atoms with E-state index >= 15 is 0 Å². The van der Waals surface area contributed by atoms with Gasteiger partial charge in [-0.05, 0) is 44.0 Å². The number of ether oxygens (including phenoxy) is 1. The second kappa shape index (κ2) is 10.6. The zero-order valence-electron chi connectivity index (χ0n) is 19.3. The van der Waals surface area contributed by atoms with Gasteiger partial charge in [0.05, 0.1) is 0 Å². The first kappa shape index (κ1) is 22.9. The lowest BCUT2D eigenvalue weighted by atomic mass is 10.1. The molecule has 9 nitrogen and oxygen atoms in total. The van der Waals surface area contributed by atoms with Crippen molar-refractivity contribution < 1.29 is 14.1 Å². The van der Waals surface area contributed by atoms with Gasteiger partial charge in [0, 0.05) is 42.3 Å². The second-order valence-corrected chi connectivity index (χ2v) is 7.91. The van der Waals surface area contributed by atoms with Gasteiger partial charge in [-0.15, -0.1) is 0 Å². The minimum absolute atomic E-state index is 0.0426. The van der Waals surface area contributed by atoms with E-state index in [4.69, 9.17) is 9.26 Å². The van der Waals surface area contributed by atoms with Crippen molar-refractivity contribution in [2.45, 2.75) is 40.0 Å². The molecule has 0 fully saturated rings. The lowest BCUT2D eigenvalue weighted by Crippen LogP contribution is -2.23. The Hall–Kier alpha value is -4.27. The quantitative estimate of drug-likeness (QED) is 0.384. The number of nitrogens with zero attached hydrogens (tertiary/aromatic N) is 4. The van der Waals surface area contributed by atoms with E-state index in [2.05, 4.69) is 49.8 Å². The standard InChI is InChI=1S/C25H26N6O3/c1-16-11-19(9-10-26-16)14-27-24(32)22-13-21(34-31-22)15-33-25-28-17(2)12-23(30-25)29-18(3)20-7-5-4-6-8-20/h4-13,18H,14-15H2,1-3H3,(H,27,32)(H,28,29,30)/t18-/m1/s1. The Morgan fingerprint density at radius 2 is 1.88 bits per heavy atom. The zero-order chi connectivity index (χ0) is 23.9. The highest BCUT2D eigenvalue weighted by Gasteiger charge is 2.14. The monoisotopic (exact) mass is 458 g/mol. The average molecular weight is 459 g/mol. The van der Waals surface area contributed by atoms with Gasteiger partial charge >= 0.3 is 6.01 Å². The van der Waals surface area contributed by atoms with Crippen LogP contribution >= 0.6 is 0 Å². The van der Waals surface area contributed by atoms with E-state index in [1.165, 1.54) is 0 Å². The third-order valence-electron chi connectivity index (χ3n) is 5.05. The molecule has 34 heavy (non-hydrogen) atoms. The molecule has 3 heterocycles. The summed E-state index contributed by atoms with van der Waals surface area (Å²) in [7, 11) is 0. The lowest BCUT2D eigenvalue weighted by molar-refractivity contribution is 0.0941. The number of anilines is 1. The Kier molecular flexibility index (Phi) is 7.12. The van der Waals surface area contributed by atoms with Crippen LogP contribution in [-0.4, -0.2) is 26.0 Å². The van der Waals surface area contributed by atoms with Crippen molar-refractivity contribution in [3.63, 3.8) is 0 Å². The largest absolute Gasteiger partial charge is 0.455 e. The number of rotatable bonds is 9. The summed E-state index contributed by atoms with van der Waals surface area (Å²) < 4.78 is 10.9. The SMILES string of the molecule is Cc1cc(CNC(=O)c2cc(COc3nc(C)cc(N[C@H](C)c4ccccc4)n3)on2)ccn1. The number of hydrogen-bond donors (Lipinski definition) is 2. The second-order valence-electron chi connectivity index (χ2n) is 7.91. The van der Waals surface area contributed by atoms with E-state index in [-0.39, 0.29) is 30.3 Å². The molecule has 1 aromatic carbocycles. The van der Waals surface area contributed by atoms with E-state index < -0.39 is 0 Å². The normalized spacial score (nSPS) is 11.6. The van der Waals surface area contributed by atoms with Crippen molar-refractivity contribution in [1.29, 1.82) is 0 Å². The summed E-state index contributed by atoms with van der Waals surface area (Å²) >= 11 is 0. The summed E-state index contributed by atoms with van der Waals surface area (Å²) in [5, 5.41) is 10.0. The predicted molar refractivity (Wildman–Crippen MR) is 126 cm³/mol. The van der Waals surface area contributed by atoms with Crippen molar-refractivity contribution in [1.82, 2.24) is 25.4 Å². The van der Waals surface area contributed by atoms with Gasteiger partial charge in [0.1, 0.15) is 5.82 Å². The third-order valence-corrected chi connectivity index (χ3v) is 5.05. The zero-order valence-corrected chi connectivity index (χ0v) is 19.3. The van der Waals surface area contributed by atoms with Crippen LogP contribution in [0.3, 0.4) is 0 Å². The summed E-state index contributed by atoms with van der Waals surface area (Å²) in [6, 6.07) is 17.5. The maximum absolute atomic E-state index is 12.4. The van der Waals surface area contributed by atoms with Crippen molar-refractivity contribution in [3.8, 4) is 6.01 Å². The summed E-state index contributed by atoms with van der Waals surface area (Å²) in [5.41, 5.74) is 3.92. The fourth-order valence-corrected chi connectivity index (χ4v) is 3.34. The van der Waals surface area contributed by atoms with E-state index in [0.29, 0.717) is 18.1 Å². The van der Waals surface area contributed by atoms with E-state index in [1.54, 1.807) is 12.3 Å². The number of carbonyl (C=O) groups excluding carboxylic acids is 1. The predicted octanol–water partition coefficient (Wildman–Crippen LogP) is 4.16. The Morgan fingerprint density at radius 3 is 2.68 bits per heavy atom. The van der Waals surface area contributed by atoms with Crippen molar-refractivity contribution in [2.24, 2.45) is 0 Å². The average Bonchev–Trinajstić information content (AvgIpc) is 3.31. The molecule has 3 aromatic heterocycles. The maximum Gasteiger partial charge on any atom is 0.319 e. The molecule has 2 N–H and O–H groups in total. The molecule has 0 saturated heterocycles. The Labute approximate surface area is 197 Å². The van der Waals surface area contributed by atoms with Crippen LogP contribution in [-0.2, 0) is 13.2 Å². The number of aromatic nitrogens is 4. The molecule has 174 valence electrons. The molecule has 4 rings (SSSR count). The Morgan fingerprint density at radius 1 is 1.06 bits per heavy atom. The summed E-state index contributed by atoms with van der Waals surface area (Å²) in [6.45, 7) is 6.24. The first-order chi connectivity index (χ1) is 16.5. The minimum Gasteiger partial charge on any atom is -0.455 e. The van der Waals surface area contributed by atoms with Crippen LogP contribution in [0, 0.1) is 13.8 Å². The number of pyridine rings is 1. The number of amides is 1. The molecule has 0 radical (unpaired) electrons. The molecule has 0 aliphatic rings. The van der Waals surface area contributed by atoms with Crippen LogP contribution in [0.1, 0.15) is 51.7 Å². The number of carbonyl (C=O) groups is 1. The van der Waals surface area contributed by atoms with Gasteiger partial charge in [0.25, 0.3) is 5.91 Å².